The fourth-order valence-electron chi connectivity index (χ4n) is 7.13. The van der Waals surface area contributed by atoms with Gasteiger partial charge < -0.3 is 20.6 Å². The SMILES string of the molecule is CC(C)C[C@H](CO)N1C(=O)[C@@H]2[C@@H](C(=O)Nc3ccccc3)[C@H]3CCC2(S3)C1C(=O)Nc1ccc2ccccc2c1. The lowest BCUT2D eigenvalue weighted by molar-refractivity contribution is -0.141. The number of hydrogen-bond donors (Lipinski definition) is 3. The van der Waals surface area contributed by atoms with Crippen molar-refractivity contribution < 1.29 is 19.5 Å². The molecule has 7 nitrogen and oxygen atoms in total. The second-order valence-corrected chi connectivity index (χ2v) is 13.3. The molecule has 3 aromatic carbocycles. The monoisotopic (exact) mass is 557 g/mol. The lowest BCUT2D eigenvalue weighted by atomic mass is 9.70. The number of amides is 3. The average Bonchev–Trinajstić information content (AvgIpc) is 3.59. The number of aliphatic hydroxyl groups excluding tert-OH is 1. The number of rotatable bonds is 8. The van der Waals surface area contributed by atoms with Gasteiger partial charge in [0.05, 0.1) is 29.2 Å². The Kier molecular flexibility index (Phi) is 7.09. The molecule has 3 saturated heterocycles. The molecule has 0 aromatic heterocycles. The molecule has 40 heavy (non-hydrogen) atoms. The molecule has 0 radical (unpaired) electrons. The number of nitrogens with zero attached hydrogens (tertiary/aromatic N) is 1. The Labute approximate surface area is 238 Å². The highest BCUT2D eigenvalue weighted by Gasteiger charge is 2.74. The van der Waals surface area contributed by atoms with Crippen molar-refractivity contribution in [1.29, 1.82) is 0 Å². The van der Waals surface area contributed by atoms with E-state index in [1.165, 1.54) is 0 Å². The van der Waals surface area contributed by atoms with Gasteiger partial charge in [0.15, 0.2) is 0 Å². The van der Waals surface area contributed by atoms with E-state index < -0.39 is 28.7 Å². The van der Waals surface area contributed by atoms with E-state index in [4.69, 9.17) is 0 Å². The molecule has 8 heteroatoms. The zero-order chi connectivity index (χ0) is 28.0. The molecule has 0 aliphatic carbocycles. The van der Waals surface area contributed by atoms with E-state index in [1.807, 2.05) is 86.6 Å². The van der Waals surface area contributed by atoms with Crippen LogP contribution in [0.15, 0.2) is 72.8 Å². The molecule has 2 bridgehead atoms. The summed E-state index contributed by atoms with van der Waals surface area (Å²) < 4.78 is -0.716. The molecular weight excluding hydrogens is 522 g/mol. The standard InChI is InChI=1S/C32H35N3O4S/c1-19(2)16-24(18-36)35-28(30(38)34-23-13-12-20-8-6-7-9-21(20)17-23)32-15-14-25(40-32)26(27(32)31(35)39)29(37)33-22-10-4-3-5-11-22/h3-13,17,19,24-28,36H,14-16,18H2,1-2H3,(H,33,37)(H,34,38)/t24-,25-,26+,27+,28?,32?/m1/s1. The van der Waals surface area contributed by atoms with E-state index in [2.05, 4.69) is 10.6 Å². The number of anilines is 2. The van der Waals surface area contributed by atoms with Crippen LogP contribution in [-0.2, 0) is 14.4 Å². The third kappa shape index (κ3) is 4.47. The van der Waals surface area contributed by atoms with Crippen LogP contribution in [0.4, 0.5) is 11.4 Å². The second kappa shape index (κ2) is 10.6. The Morgan fingerprint density at radius 2 is 1.68 bits per heavy atom. The maximum Gasteiger partial charge on any atom is 0.248 e. The zero-order valence-electron chi connectivity index (χ0n) is 22.7. The summed E-state index contributed by atoms with van der Waals surface area (Å²) in [4.78, 5) is 43.8. The molecule has 6 atom stereocenters. The second-order valence-electron chi connectivity index (χ2n) is 11.7. The smallest absolute Gasteiger partial charge is 0.248 e. The molecule has 3 amide bonds. The minimum absolute atomic E-state index is 0.0338. The van der Waals surface area contributed by atoms with E-state index in [-0.39, 0.29) is 35.5 Å². The van der Waals surface area contributed by atoms with Crippen LogP contribution in [0, 0.1) is 17.8 Å². The van der Waals surface area contributed by atoms with Crippen LogP contribution in [-0.4, -0.2) is 56.4 Å². The number of para-hydroxylation sites is 1. The quantitative estimate of drug-likeness (QED) is 0.365. The van der Waals surface area contributed by atoms with Gasteiger partial charge in [-0.2, -0.15) is 0 Å². The summed E-state index contributed by atoms with van der Waals surface area (Å²) in [5.41, 5.74) is 1.35. The Hall–Kier alpha value is -3.36. The minimum atomic E-state index is -0.781. The van der Waals surface area contributed by atoms with Crippen LogP contribution in [0.2, 0.25) is 0 Å². The molecule has 3 fully saturated rings. The Balaban J connectivity index is 1.36. The maximum absolute atomic E-state index is 14.3. The summed E-state index contributed by atoms with van der Waals surface area (Å²) in [6.45, 7) is 3.85. The Bertz CT molecular complexity index is 1450. The third-order valence-electron chi connectivity index (χ3n) is 8.70. The van der Waals surface area contributed by atoms with Crippen LogP contribution >= 0.6 is 11.8 Å². The number of carbonyl (C=O) groups excluding carboxylic acids is 3. The lowest BCUT2D eigenvalue weighted by Gasteiger charge is -2.37. The summed E-state index contributed by atoms with van der Waals surface area (Å²) >= 11 is 1.63. The van der Waals surface area contributed by atoms with Crippen molar-refractivity contribution in [3.8, 4) is 0 Å². The molecule has 3 aliphatic rings. The largest absolute Gasteiger partial charge is 0.394 e. The third-order valence-corrected chi connectivity index (χ3v) is 10.6. The van der Waals surface area contributed by atoms with E-state index in [1.54, 1.807) is 16.7 Å². The zero-order valence-corrected chi connectivity index (χ0v) is 23.6. The average molecular weight is 558 g/mol. The topological polar surface area (TPSA) is 98.7 Å². The van der Waals surface area contributed by atoms with Crippen molar-refractivity contribution in [3.63, 3.8) is 0 Å². The van der Waals surface area contributed by atoms with Gasteiger partial charge in [0, 0.05) is 16.6 Å². The number of likely N-dealkylation sites (tertiary alicyclic amines) is 1. The van der Waals surface area contributed by atoms with Crippen molar-refractivity contribution in [1.82, 2.24) is 4.90 Å². The van der Waals surface area contributed by atoms with Gasteiger partial charge in [-0.1, -0.05) is 62.4 Å². The highest BCUT2D eigenvalue weighted by atomic mass is 32.2. The minimum Gasteiger partial charge on any atom is -0.394 e. The van der Waals surface area contributed by atoms with Gasteiger partial charge in [0.1, 0.15) is 6.04 Å². The molecule has 6 rings (SSSR count). The summed E-state index contributed by atoms with van der Waals surface area (Å²) in [6.07, 6.45) is 2.02. The Morgan fingerprint density at radius 3 is 2.40 bits per heavy atom. The molecule has 3 aromatic rings. The molecular formula is C32H35N3O4S. The predicted molar refractivity (Wildman–Crippen MR) is 159 cm³/mol. The fraction of sp³-hybridized carbons (Fsp3) is 0.406. The Morgan fingerprint density at radius 1 is 0.975 bits per heavy atom. The number of nitrogens with one attached hydrogen (secondary N) is 2. The number of carbonyl (C=O) groups is 3. The first-order chi connectivity index (χ1) is 19.3. The molecule has 3 heterocycles. The van der Waals surface area contributed by atoms with Crippen LogP contribution in [0.25, 0.3) is 10.8 Å². The first kappa shape index (κ1) is 26.8. The van der Waals surface area contributed by atoms with Crippen molar-refractivity contribution in [2.24, 2.45) is 17.8 Å². The fourth-order valence-corrected chi connectivity index (χ4v) is 9.34. The molecule has 208 valence electrons. The number of fused-ring (bicyclic) bond motifs is 2. The van der Waals surface area contributed by atoms with Crippen molar-refractivity contribution in [2.45, 2.75) is 55.2 Å². The number of aliphatic hydroxyl groups is 1. The highest BCUT2D eigenvalue weighted by molar-refractivity contribution is 8.02. The summed E-state index contributed by atoms with van der Waals surface area (Å²) in [5.74, 6) is -1.57. The van der Waals surface area contributed by atoms with Crippen molar-refractivity contribution in [2.75, 3.05) is 17.2 Å². The first-order valence-electron chi connectivity index (χ1n) is 14.1. The number of thioether (sulfide) groups is 1. The highest BCUT2D eigenvalue weighted by Crippen LogP contribution is 2.66. The summed E-state index contributed by atoms with van der Waals surface area (Å²) in [7, 11) is 0. The van der Waals surface area contributed by atoms with Gasteiger partial charge in [-0.05, 0) is 60.2 Å². The van der Waals surface area contributed by atoms with Crippen molar-refractivity contribution in [3.05, 3.63) is 72.8 Å². The maximum atomic E-state index is 14.3. The van der Waals surface area contributed by atoms with Gasteiger partial charge in [0.25, 0.3) is 0 Å². The van der Waals surface area contributed by atoms with Crippen molar-refractivity contribution >= 4 is 51.6 Å². The van der Waals surface area contributed by atoms with Gasteiger partial charge in [-0.3, -0.25) is 14.4 Å². The molecule has 1 spiro atoms. The number of hydrogen-bond acceptors (Lipinski definition) is 5. The molecule has 0 saturated carbocycles. The van der Waals surface area contributed by atoms with E-state index >= 15 is 0 Å². The van der Waals surface area contributed by atoms with Gasteiger partial charge in [-0.15, -0.1) is 11.8 Å². The number of benzene rings is 3. The molecule has 2 unspecified atom stereocenters. The van der Waals surface area contributed by atoms with Crippen LogP contribution in [0.1, 0.15) is 33.1 Å². The first-order valence-corrected chi connectivity index (χ1v) is 15.0. The van der Waals surface area contributed by atoms with E-state index in [0.717, 1.165) is 17.2 Å². The lowest BCUT2D eigenvalue weighted by Crippen LogP contribution is -2.55. The van der Waals surface area contributed by atoms with Crippen LogP contribution in [0.5, 0.6) is 0 Å². The van der Waals surface area contributed by atoms with Crippen LogP contribution < -0.4 is 10.6 Å². The van der Waals surface area contributed by atoms with Crippen LogP contribution in [0.3, 0.4) is 0 Å². The summed E-state index contributed by atoms with van der Waals surface area (Å²) in [5, 5.41) is 18.6. The van der Waals surface area contributed by atoms with E-state index in [9.17, 15) is 19.5 Å². The molecule has 3 N–H and O–H groups in total. The van der Waals surface area contributed by atoms with Gasteiger partial charge >= 0.3 is 0 Å². The van der Waals surface area contributed by atoms with Gasteiger partial charge in [0.2, 0.25) is 17.7 Å². The summed E-state index contributed by atoms with van der Waals surface area (Å²) in [6, 6.07) is 21.7. The molecule has 3 aliphatic heterocycles. The predicted octanol–water partition coefficient (Wildman–Crippen LogP) is 4.92. The van der Waals surface area contributed by atoms with Gasteiger partial charge in [-0.25, -0.2) is 0 Å². The normalized spacial score (nSPS) is 27.7. The van der Waals surface area contributed by atoms with E-state index in [0.29, 0.717) is 24.2 Å².